The Morgan fingerprint density at radius 1 is 1.32 bits per heavy atom. The van der Waals surface area contributed by atoms with Gasteiger partial charge >= 0.3 is 0 Å². The first kappa shape index (κ1) is 18.0. The van der Waals surface area contributed by atoms with Crippen molar-refractivity contribution in [3.63, 3.8) is 0 Å². The molecule has 0 aliphatic carbocycles. The smallest absolute Gasteiger partial charge is 0.222 e. The number of rotatable bonds is 7. The molecular formula is C15H23N5OS. The van der Waals surface area contributed by atoms with Gasteiger partial charge in [0.15, 0.2) is 11.6 Å². The van der Waals surface area contributed by atoms with E-state index in [0.29, 0.717) is 11.6 Å². The Morgan fingerprint density at radius 2 is 2.14 bits per heavy atom. The van der Waals surface area contributed by atoms with E-state index >= 15 is 0 Å². The summed E-state index contributed by atoms with van der Waals surface area (Å²) < 4.78 is 5.91. The number of anilines is 2. The summed E-state index contributed by atoms with van der Waals surface area (Å²) in [5, 5.41) is 3.24. The van der Waals surface area contributed by atoms with Gasteiger partial charge in [0, 0.05) is 12.7 Å². The summed E-state index contributed by atoms with van der Waals surface area (Å²) in [7, 11) is 0. The van der Waals surface area contributed by atoms with E-state index in [2.05, 4.69) is 27.2 Å². The number of aromatic nitrogens is 3. The first-order valence-corrected chi connectivity index (χ1v) is 7.14. The average Bonchev–Trinajstić information content (AvgIpc) is 2.51. The number of ether oxygens (including phenoxy) is 1. The third-order valence-electron chi connectivity index (χ3n) is 3.00. The Bertz CT molecular complexity index is 567. The van der Waals surface area contributed by atoms with Crippen molar-refractivity contribution in [1.82, 2.24) is 15.0 Å². The molecule has 0 radical (unpaired) electrons. The fourth-order valence-electron chi connectivity index (χ4n) is 1.85. The van der Waals surface area contributed by atoms with Gasteiger partial charge in [0.05, 0.1) is 11.9 Å². The molecule has 1 atom stereocenters. The molecule has 0 amide bonds. The maximum atomic E-state index is 5.91. The second kappa shape index (κ2) is 9.09. The Balaban J connectivity index is 0.00000242. The molecule has 2 rings (SSSR count). The molecule has 7 heteroatoms. The van der Waals surface area contributed by atoms with Gasteiger partial charge in [-0.25, -0.2) is 4.98 Å². The van der Waals surface area contributed by atoms with Crippen LogP contribution in [-0.4, -0.2) is 21.5 Å². The highest BCUT2D eigenvalue weighted by molar-refractivity contribution is 7.59. The highest BCUT2D eigenvalue weighted by Gasteiger charge is 2.13. The molecule has 120 valence electrons. The minimum atomic E-state index is -0.190. The van der Waals surface area contributed by atoms with Crippen molar-refractivity contribution in [1.29, 1.82) is 0 Å². The number of nitrogens with two attached hydrogens (primary N) is 1. The zero-order chi connectivity index (χ0) is 15.1. The number of nitrogens with zero attached hydrogens (tertiary/aromatic N) is 3. The number of unbranched alkanes of at least 4 members (excludes halogenated alkanes) is 1. The minimum Gasteiger partial charge on any atom is -0.479 e. The first-order valence-electron chi connectivity index (χ1n) is 7.14. The van der Waals surface area contributed by atoms with Crippen molar-refractivity contribution in [3.05, 3.63) is 36.3 Å². The van der Waals surface area contributed by atoms with Crippen molar-refractivity contribution in [2.45, 2.75) is 32.8 Å². The normalized spacial score (nSPS) is 11.4. The number of hydrogen-bond acceptors (Lipinski definition) is 6. The van der Waals surface area contributed by atoms with Crippen LogP contribution in [-0.2, 0) is 0 Å². The van der Waals surface area contributed by atoms with Gasteiger partial charge in [0.1, 0.15) is 6.10 Å². The van der Waals surface area contributed by atoms with Crippen LogP contribution in [0.15, 0.2) is 30.6 Å². The molecule has 2 heterocycles. The van der Waals surface area contributed by atoms with Crippen LogP contribution in [0.3, 0.4) is 0 Å². The molecule has 0 unspecified atom stereocenters. The maximum Gasteiger partial charge on any atom is 0.222 e. The largest absolute Gasteiger partial charge is 0.479 e. The van der Waals surface area contributed by atoms with E-state index in [4.69, 9.17) is 10.5 Å². The molecule has 0 spiro atoms. The summed E-state index contributed by atoms with van der Waals surface area (Å²) in [5.74, 6) is 1.43. The lowest BCUT2D eigenvalue weighted by Gasteiger charge is -2.17. The lowest BCUT2D eigenvalue weighted by Crippen LogP contribution is -2.11. The molecule has 0 aliphatic heterocycles. The van der Waals surface area contributed by atoms with Gasteiger partial charge in [-0.2, -0.15) is 18.5 Å². The molecule has 0 bridgehead atoms. The van der Waals surface area contributed by atoms with Crippen LogP contribution in [0, 0.1) is 0 Å². The zero-order valence-electron chi connectivity index (χ0n) is 12.9. The Morgan fingerprint density at radius 3 is 2.82 bits per heavy atom. The molecule has 3 N–H and O–H groups in total. The monoisotopic (exact) mass is 321 g/mol. The van der Waals surface area contributed by atoms with Crippen LogP contribution in [0.5, 0.6) is 5.75 Å². The molecule has 0 saturated carbocycles. The van der Waals surface area contributed by atoms with E-state index in [1.807, 2.05) is 25.1 Å². The third-order valence-corrected chi connectivity index (χ3v) is 3.00. The van der Waals surface area contributed by atoms with Crippen LogP contribution in [0.1, 0.15) is 38.5 Å². The second-order valence-corrected chi connectivity index (χ2v) is 4.74. The molecule has 0 aliphatic rings. The topological polar surface area (TPSA) is 86.0 Å². The van der Waals surface area contributed by atoms with Crippen molar-refractivity contribution in [2.24, 2.45) is 0 Å². The zero-order valence-corrected chi connectivity index (χ0v) is 13.9. The van der Waals surface area contributed by atoms with Crippen LogP contribution >= 0.6 is 13.5 Å². The number of pyridine rings is 1. The summed E-state index contributed by atoms with van der Waals surface area (Å²) in [4.78, 5) is 12.5. The lowest BCUT2D eigenvalue weighted by atomic mass is 10.2. The third kappa shape index (κ3) is 5.07. The fraction of sp³-hybridized carbons (Fsp3) is 0.400. The number of nitrogens with one attached hydrogen (secondary N) is 1. The first-order chi connectivity index (χ1) is 10.2. The predicted molar refractivity (Wildman–Crippen MR) is 93.5 cm³/mol. The fourth-order valence-corrected chi connectivity index (χ4v) is 1.85. The van der Waals surface area contributed by atoms with Crippen molar-refractivity contribution >= 4 is 25.3 Å². The van der Waals surface area contributed by atoms with Gasteiger partial charge in [-0.3, -0.25) is 4.98 Å². The molecular weight excluding hydrogens is 298 g/mol. The predicted octanol–water partition coefficient (Wildman–Crippen LogP) is 2.92. The summed E-state index contributed by atoms with van der Waals surface area (Å²) >= 11 is 0. The van der Waals surface area contributed by atoms with Crippen molar-refractivity contribution in [3.8, 4) is 5.75 Å². The van der Waals surface area contributed by atoms with E-state index < -0.39 is 0 Å². The Hall–Kier alpha value is -2.02. The quantitative estimate of drug-likeness (QED) is 0.763. The van der Waals surface area contributed by atoms with Crippen LogP contribution in [0.4, 0.5) is 11.8 Å². The minimum absolute atomic E-state index is 0. The van der Waals surface area contributed by atoms with E-state index in [9.17, 15) is 0 Å². The van der Waals surface area contributed by atoms with Gasteiger partial charge < -0.3 is 15.8 Å². The maximum absolute atomic E-state index is 5.91. The number of nitrogen functional groups attached to an aromatic ring is 1. The van der Waals surface area contributed by atoms with Crippen LogP contribution < -0.4 is 15.8 Å². The lowest BCUT2D eigenvalue weighted by molar-refractivity contribution is 0.221. The average molecular weight is 321 g/mol. The Kier molecular flexibility index (Phi) is 7.45. The van der Waals surface area contributed by atoms with Gasteiger partial charge in [0.25, 0.3) is 0 Å². The van der Waals surface area contributed by atoms with Gasteiger partial charge in [0.2, 0.25) is 5.95 Å². The summed E-state index contributed by atoms with van der Waals surface area (Å²) in [6.07, 6.45) is 5.31. The molecule has 22 heavy (non-hydrogen) atoms. The van der Waals surface area contributed by atoms with Crippen LogP contribution in [0.2, 0.25) is 0 Å². The van der Waals surface area contributed by atoms with E-state index in [-0.39, 0.29) is 25.5 Å². The van der Waals surface area contributed by atoms with Crippen molar-refractivity contribution < 1.29 is 4.74 Å². The molecule has 0 aromatic carbocycles. The highest BCUT2D eigenvalue weighted by Crippen LogP contribution is 2.26. The van der Waals surface area contributed by atoms with Crippen LogP contribution in [0.25, 0.3) is 0 Å². The van der Waals surface area contributed by atoms with Gasteiger partial charge in [-0.1, -0.05) is 19.4 Å². The molecule has 2 aromatic rings. The summed E-state index contributed by atoms with van der Waals surface area (Å²) in [6, 6.07) is 5.73. The molecule has 6 nitrogen and oxygen atoms in total. The van der Waals surface area contributed by atoms with Gasteiger partial charge in [-0.05, 0) is 25.5 Å². The van der Waals surface area contributed by atoms with E-state index in [1.54, 1.807) is 12.4 Å². The van der Waals surface area contributed by atoms with Crippen molar-refractivity contribution in [2.75, 3.05) is 17.6 Å². The van der Waals surface area contributed by atoms with E-state index in [1.165, 1.54) is 0 Å². The standard InChI is InChI=1S/C15H21N5O.H2S/c1-3-4-8-18-14-13(10-19-15(16)20-14)21-11(2)12-7-5-6-9-17-12;/h5-7,9-11H,3-4,8H2,1-2H3,(H3,16,18,19,20);1H2/t11-;/m0./s1. The molecule has 2 aromatic heterocycles. The Labute approximate surface area is 138 Å². The SMILES string of the molecule is CCCCNc1nc(N)ncc1O[C@@H](C)c1ccccn1.S. The van der Waals surface area contributed by atoms with E-state index in [0.717, 1.165) is 25.1 Å². The van der Waals surface area contributed by atoms with Gasteiger partial charge in [-0.15, -0.1) is 0 Å². The summed E-state index contributed by atoms with van der Waals surface area (Å²) in [6.45, 7) is 4.90. The molecule has 0 fully saturated rings. The second-order valence-electron chi connectivity index (χ2n) is 4.74. The number of hydrogen-bond donors (Lipinski definition) is 2. The molecule has 0 saturated heterocycles. The summed E-state index contributed by atoms with van der Waals surface area (Å²) in [5.41, 5.74) is 6.50. The highest BCUT2D eigenvalue weighted by atomic mass is 32.1.